The Balaban J connectivity index is 1.39. The van der Waals surface area contributed by atoms with Crippen molar-refractivity contribution in [2.75, 3.05) is 34.8 Å². The lowest BCUT2D eigenvalue weighted by molar-refractivity contribution is -0.122. The Hall–Kier alpha value is -4.68. The fourth-order valence-electron chi connectivity index (χ4n) is 6.38. The zero-order chi connectivity index (χ0) is 34.1. The summed E-state index contributed by atoms with van der Waals surface area (Å²) in [6.45, 7) is 9.46. The molecule has 12 heteroatoms. The molecule has 1 fully saturated rings. The van der Waals surface area contributed by atoms with E-state index in [1.807, 2.05) is 49.4 Å². The van der Waals surface area contributed by atoms with Crippen LogP contribution in [-0.4, -0.2) is 53.2 Å². The topological polar surface area (TPSA) is 118 Å². The van der Waals surface area contributed by atoms with Crippen LogP contribution in [0.2, 0.25) is 0 Å². The van der Waals surface area contributed by atoms with E-state index in [1.54, 1.807) is 25.1 Å². The Kier molecular flexibility index (Phi) is 9.56. The highest BCUT2D eigenvalue weighted by atomic mass is 32.2. The number of thioether (sulfide) groups is 1. The monoisotopic (exact) mass is 684 g/mol. The minimum Gasteiger partial charge on any atom is -0.462 e. The highest BCUT2D eigenvalue weighted by molar-refractivity contribution is 8.00. The number of thiazole rings is 1. The largest absolute Gasteiger partial charge is 0.462 e. The van der Waals surface area contributed by atoms with Crippen LogP contribution in [-0.2, 0) is 25.7 Å². The second-order valence-corrected chi connectivity index (χ2v) is 13.7. The summed E-state index contributed by atoms with van der Waals surface area (Å²) in [7, 11) is 0. The molecule has 0 radical (unpaired) electrons. The normalized spacial score (nSPS) is 18.3. The first-order chi connectivity index (χ1) is 23.1. The Morgan fingerprint density at radius 3 is 2.27 bits per heavy atom. The van der Waals surface area contributed by atoms with Crippen LogP contribution in [0.25, 0.3) is 0 Å². The van der Waals surface area contributed by atoms with Gasteiger partial charge in [-0.15, -0.1) is 0 Å². The zero-order valence-corrected chi connectivity index (χ0v) is 28.7. The fourth-order valence-corrected chi connectivity index (χ4v) is 9.15. The summed E-state index contributed by atoms with van der Waals surface area (Å²) in [5, 5.41) is 2.55. The molecule has 1 aromatic heterocycles. The molecule has 0 saturated carbocycles. The smallest absolute Gasteiger partial charge is 0.338 e. The summed E-state index contributed by atoms with van der Waals surface area (Å²) in [5.41, 5.74) is 4.10. The number of ether oxygens (including phenoxy) is 1. The van der Waals surface area contributed by atoms with E-state index in [2.05, 4.69) is 24.1 Å². The number of carbonyl (C=O) groups is 4. The molecule has 1 N–H and O–H groups in total. The number of carbonyl (C=O) groups excluding carboxylic acids is 4. The van der Waals surface area contributed by atoms with Gasteiger partial charge in [0.05, 0.1) is 28.8 Å². The predicted octanol–water partition coefficient (Wildman–Crippen LogP) is 5.68. The van der Waals surface area contributed by atoms with Gasteiger partial charge in [-0.1, -0.05) is 47.4 Å². The number of aromatic nitrogens is 1. The van der Waals surface area contributed by atoms with Gasteiger partial charge in [-0.05, 0) is 87.4 Å². The second kappa shape index (κ2) is 13.8. The molecule has 0 bridgehead atoms. The van der Waals surface area contributed by atoms with Gasteiger partial charge in [0.1, 0.15) is 11.8 Å². The molecule has 3 amide bonds. The number of hydrogen-bond donors (Lipinski definition) is 1. The van der Waals surface area contributed by atoms with E-state index in [0.29, 0.717) is 26.8 Å². The van der Waals surface area contributed by atoms with Gasteiger partial charge in [-0.25, -0.2) is 9.69 Å². The van der Waals surface area contributed by atoms with Gasteiger partial charge in [0, 0.05) is 35.3 Å². The molecule has 4 aromatic rings. The van der Waals surface area contributed by atoms with Crippen molar-refractivity contribution in [3.05, 3.63) is 104 Å². The van der Waals surface area contributed by atoms with Gasteiger partial charge in [0.25, 0.3) is 0 Å². The molecule has 48 heavy (non-hydrogen) atoms. The average Bonchev–Trinajstić information content (AvgIpc) is 3.52. The molecule has 3 aromatic carbocycles. The minimum atomic E-state index is -0.831. The van der Waals surface area contributed by atoms with Crippen molar-refractivity contribution in [1.29, 1.82) is 0 Å². The lowest BCUT2D eigenvalue weighted by Crippen LogP contribution is -2.33. The number of nitrogens with one attached hydrogen (secondary N) is 1. The number of esters is 1. The van der Waals surface area contributed by atoms with E-state index >= 15 is 0 Å². The number of aryl methyl sites for hydroxylation is 1. The maximum absolute atomic E-state index is 14.3. The van der Waals surface area contributed by atoms with Gasteiger partial charge >= 0.3 is 10.8 Å². The van der Waals surface area contributed by atoms with Crippen LogP contribution in [0.1, 0.15) is 53.1 Å². The van der Waals surface area contributed by atoms with E-state index < -0.39 is 29.0 Å². The molecule has 10 nitrogen and oxygen atoms in total. The first-order valence-electron chi connectivity index (χ1n) is 15.9. The third kappa shape index (κ3) is 6.17. The number of rotatable bonds is 10. The van der Waals surface area contributed by atoms with Crippen LogP contribution in [0.15, 0.2) is 82.6 Å². The van der Waals surface area contributed by atoms with Gasteiger partial charge < -0.3 is 15.0 Å². The molecule has 1 saturated heterocycles. The van der Waals surface area contributed by atoms with Crippen molar-refractivity contribution in [1.82, 2.24) is 4.57 Å². The van der Waals surface area contributed by atoms with E-state index in [1.165, 1.54) is 21.6 Å². The molecule has 0 spiro atoms. The van der Waals surface area contributed by atoms with Crippen molar-refractivity contribution in [3.8, 4) is 0 Å². The third-order valence-corrected chi connectivity index (χ3v) is 11.3. The summed E-state index contributed by atoms with van der Waals surface area (Å²) in [4.78, 5) is 71.1. The third-order valence-electron chi connectivity index (χ3n) is 8.67. The highest BCUT2D eigenvalue weighted by Crippen LogP contribution is 2.54. The summed E-state index contributed by atoms with van der Waals surface area (Å²) in [6, 6.07) is 21.5. The lowest BCUT2D eigenvalue weighted by Gasteiger charge is -2.31. The maximum atomic E-state index is 14.3. The van der Waals surface area contributed by atoms with Crippen molar-refractivity contribution in [2.45, 2.75) is 50.4 Å². The Bertz CT molecular complexity index is 1930. The Labute approximate surface area is 286 Å². The molecule has 6 rings (SSSR count). The van der Waals surface area contributed by atoms with Crippen LogP contribution in [0.3, 0.4) is 0 Å². The average molecular weight is 685 g/mol. The molecule has 2 aliphatic heterocycles. The van der Waals surface area contributed by atoms with E-state index in [4.69, 9.17) is 4.74 Å². The minimum absolute atomic E-state index is 0.227. The molecular formula is C36H36N4O6S2. The molecule has 248 valence electrons. The van der Waals surface area contributed by atoms with E-state index in [9.17, 15) is 24.0 Å². The molecule has 0 aliphatic carbocycles. The second-order valence-electron chi connectivity index (χ2n) is 11.6. The van der Waals surface area contributed by atoms with E-state index in [0.717, 1.165) is 53.0 Å². The van der Waals surface area contributed by atoms with Crippen molar-refractivity contribution in [2.24, 2.45) is 5.92 Å². The van der Waals surface area contributed by atoms with Crippen LogP contribution in [0, 0.1) is 12.8 Å². The van der Waals surface area contributed by atoms with Crippen LogP contribution < -0.4 is 20.0 Å². The highest BCUT2D eigenvalue weighted by Gasteiger charge is 2.56. The standard InChI is InChI=1S/C36H36N4O6S2/c1-5-38(6-2)25-15-11-22(12-16-25)28-29-30(33(43)40(32(29)42)26-17-13-23(14-18-26)35(44)46-7-3)47-34-31(28)48-36(45)39(34)20-27(41)37-24-10-8-9-21(4)19-24/h8-19,28-30H,5-7,20H2,1-4H3,(H,37,41)/t28-,29?,30?/m1/s1. The quantitative estimate of drug-likeness (QED) is 0.168. The lowest BCUT2D eigenvalue weighted by atomic mass is 9.83. The first kappa shape index (κ1) is 33.2. The van der Waals surface area contributed by atoms with Crippen LogP contribution in [0.4, 0.5) is 17.1 Å². The van der Waals surface area contributed by atoms with Gasteiger partial charge in [0.2, 0.25) is 17.7 Å². The van der Waals surface area contributed by atoms with Crippen molar-refractivity contribution in [3.63, 3.8) is 0 Å². The first-order valence-corrected chi connectivity index (χ1v) is 17.6. The van der Waals surface area contributed by atoms with Crippen LogP contribution in [0.5, 0.6) is 0 Å². The predicted molar refractivity (Wildman–Crippen MR) is 188 cm³/mol. The summed E-state index contributed by atoms with van der Waals surface area (Å²) in [6.07, 6.45) is 0. The van der Waals surface area contributed by atoms with Gasteiger partial charge in [-0.3, -0.25) is 23.7 Å². The molecule has 2 aliphatic rings. The SMILES string of the molecule is CCOC(=O)c1ccc(N2C(=O)C3Sc4c(sc(=O)n4CC(=O)Nc4cccc(C)c4)[C@H](c4ccc(N(CC)CC)cc4)C3C2=O)cc1. The number of anilines is 3. The van der Waals surface area contributed by atoms with Crippen molar-refractivity contribution >= 4 is 63.9 Å². The number of benzene rings is 3. The number of nitrogens with zero attached hydrogens (tertiary/aromatic N) is 3. The van der Waals surface area contributed by atoms with Gasteiger partial charge in [-0.2, -0.15) is 0 Å². The number of fused-ring (bicyclic) bond motifs is 2. The van der Waals surface area contributed by atoms with Gasteiger partial charge in [0.15, 0.2) is 0 Å². The summed E-state index contributed by atoms with van der Waals surface area (Å²) < 4.78 is 6.49. The number of hydrogen-bond acceptors (Lipinski definition) is 9. The number of imide groups is 1. The summed E-state index contributed by atoms with van der Waals surface area (Å²) in [5.74, 6) is -3.03. The summed E-state index contributed by atoms with van der Waals surface area (Å²) >= 11 is 2.18. The zero-order valence-electron chi connectivity index (χ0n) is 27.1. The molecule has 2 unspecified atom stereocenters. The Morgan fingerprint density at radius 2 is 1.62 bits per heavy atom. The molecule has 3 atom stereocenters. The van der Waals surface area contributed by atoms with E-state index in [-0.39, 0.29) is 29.8 Å². The molecule has 3 heterocycles. The fraction of sp³-hybridized carbons (Fsp3) is 0.306. The Morgan fingerprint density at radius 1 is 0.917 bits per heavy atom. The maximum Gasteiger partial charge on any atom is 0.338 e. The molecular weight excluding hydrogens is 649 g/mol. The number of amides is 3. The van der Waals surface area contributed by atoms with Crippen molar-refractivity contribution < 1.29 is 23.9 Å². The van der Waals surface area contributed by atoms with Crippen LogP contribution >= 0.6 is 23.1 Å².